The normalized spacial score (nSPS) is 12.2. The molecule has 0 amide bonds. The van der Waals surface area contributed by atoms with Crippen LogP contribution in [-0.2, 0) is 6.42 Å². The minimum Gasteiger partial charge on any atom is -0.478 e. The summed E-state index contributed by atoms with van der Waals surface area (Å²) >= 11 is 7.80. The quantitative estimate of drug-likeness (QED) is 0.880. The number of aryl methyl sites for hydroxylation is 1. The van der Waals surface area contributed by atoms with Crippen molar-refractivity contribution in [3.8, 4) is 0 Å². The van der Waals surface area contributed by atoms with Gasteiger partial charge in [-0.2, -0.15) is 0 Å². The van der Waals surface area contributed by atoms with Gasteiger partial charge in [-0.25, -0.2) is 9.78 Å². The average Bonchev–Trinajstić information content (AvgIpc) is 2.77. The van der Waals surface area contributed by atoms with Crippen molar-refractivity contribution in [2.75, 3.05) is 5.32 Å². The van der Waals surface area contributed by atoms with Crippen LogP contribution in [0.2, 0.25) is 5.02 Å². The van der Waals surface area contributed by atoms with E-state index in [0.717, 1.165) is 6.42 Å². The molecule has 1 unspecified atom stereocenters. The van der Waals surface area contributed by atoms with Gasteiger partial charge in [0.25, 0.3) is 0 Å². The smallest absolute Gasteiger partial charge is 0.337 e. The minimum absolute atomic E-state index is 0.0853. The second-order valence-electron chi connectivity index (χ2n) is 4.62. The van der Waals surface area contributed by atoms with Gasteiger partial charge in [-0.3, -0.25) is 0 Å². The number of hydrogen-bond donors (Lipinski definition) is 2. The van der Waals surface area contributed by atoms with Crippen molar-refractivity contribution in [2.24, 2.45) is 0 Å². The number of halogens is 1. The Morgan fingerprint density at radius 2 is 2.30 bits per heavy atom. The molecule has 2 aromatic rings. The van der Waals surface area contributed by atoms with Crippen LogP contribution in [0, 0.1) is 6.92 Å². The van der Waals surface area contributed by atoms with Crippen LogP contribution in [0.15, 0.2) is 24.4 Å². The highest BCUT2D eigenvalue weighted by Gasteiger charge is 2.11. The molecule has 0 fully saturated rings. The molecule has 0 spiro atoms. The Bertz CT molecular complexity index is 627. The van der Waals surface area contributed by atoms with Gasteiger partial charge in [-0.1, -0.05) is 11.6 Å². The highest BCUT2D eigenvalue weighted by atomic mass is 35.5. The lowest BCUT2D eigenvalue weighted by molar-refractivity contribution is 0.0696. The van der Waals surface area contributed by atoms with Crippen molar-refractivity contribution >= 4 is 34.7 Å². The first-order chi connectivity index (χ1) is 9.45. The third-order valence-corrected chi connectivity index (χ3v) is 4.09. The molecule has 0 aliphatic rings. The minimum atomic E-state index is -1.03. The fourth-order valence-electron chi connectivity index (χ4n) is 1.84. The summed E-state index contributed by atoms with van der Waals surface area (Å²) < 4.78 is 0. The molecule has 2 heterocycles. The summed E-state index contributed by atoms with van der Waals surface area (Å²) in [5.41, 5.74) is 0.0853. The lowest BCUT2D eigenvalue weighted by atomic mass is 10.2. The van der Waals surface area contributed by atoms with Crippen molar-refractivity contribution in [1.82, 2.24) is 4.98 Å². The van der Waals surface area contributed by atoms with E-state index in [1.807, 2.05) is 6.92 Å². The van der Waals surface area contributed by atoms with Gasteiger partial charge in [0.05, 0.1) is 10.6 Å². The Morgan fingerprint density at radius 1 is 1.55 bits per heavy atom. The molecular weight excluding hydrogens is 296 g/mol. The van der Waals surface area contributed by atoms with Crippen LogP contribution >= 0.6 is 22.9 Å². The van der Waals surface area contributed by atoms with Crippen molar-refractivity contribution in [3.63, 3.8) is 0 Å². The molecule has 106 valence electrons. The van der Waals surface area contributed by atoms with E-state index in [1.165, 1.54) is 22.0 Å². The first-order valence-corrected chi connectivity index (χ1v) is 7.36. The molecule has 0 bridgehead atoms. The number of thiophene rings is 1. The second kappa shape index (κ2) is 6.24. The largest absolute Gasteiger partial charge is 0.478 e. The number of anilines is 1. The van der Waals surface area contributed by atoms with Crippen LogP contribution < -0.4 is 5.32 Å². The maximum absolute atomic E-state index is 10.8. The van der Waals surface area contributed by atoms with Crippen molar-refractivity contribution < 1.29 is 9.90 Å². The molecule has 0 radical (unpaired) electrons. The Hall–Kier alpha value is -1.59. The van der Waals surface area contributed by atoms with Crippen LogP contribution in [0.1, 0.15) is 27.0 Å². The van der Waals surface area contributed by atoms with Gasteiger partial charge in [-0.15, -0.1) is 11.3 Å². The Kier molecular flexibility index (Phi) is 4.62. The van der Waals surface area contributed by atoms with Crippen molar-refractivity contribution in [1.29, 1.82) is 0 Å². The molecule has 0 aromatic carbocycles. The molecule has 4 nitrogen and oxygen atoms in total. The molecule has 0 saturated carbocycles. The molecule has 0 aliphatic heterocycles. The summed E-state index contributed by atoms with van der Waals surface area (Å²) in [6, 6.07) is 5.77. The van der Waals surface area contributed by atoms with Crippen molar-refractivity contribution in [2.45, 2.75) is 26.3 Å². The number of pyridine rings is 1. The molecular formula is C14H15ClN2O2S. The highest BCUT2D eigenvalue weighted by molar-refractivity contribution is 7.11. The number of aromatic nitrogens is 1. The van der Waals surface area contributed by atoms with Gasteiger partial charge in [0.15, 0.2) is 0 Å². The molecule has 6 heteroatoms. The third-order valence-electron chi connectivity index (χ3n) is 2.77. The van der Waals surface area contributed by atoms with E-state index in [-0.39, 0.29) is 11.6 Å². The number of carboxylic acid groups (broad SMARTS) is 1. The van der Waals surface area contributed by atoms with Gasteiger partial charge in [0.2, 0.25) is 0 Å². The van der Waals surface area contributed by atoms with E-state index in [9.17, 15) is 4.79 Å². The van der Waals surface area contributed by atoms with E-state index in [1.54, 1.807) is 11.3 Å². The fourth-order valence-corrected chi connectivity index (χ4v) is 3.08. The molecule has 1 atom stereocenters. The Balaban J connectivity index is 2.04. The first kappa shape index (κ1) is 14.8. The van der Waals surface area contributed by atoms with Gasteiger partial charge in [0.1, 0.15) is 5.82 Å². The van der Waals surface area contributed by atoms with E-state index in [2.05, 4.69) is 29.4 Å². The van der Waals surface area contributed by atoms with Crippen LogP contribution in [-0.4, -0.2) is 22.1 Å². The molecule has 2 aromatic heterocycles. The lowest BCUT2D eigenvalue weighted by Gasteiger charge is -2.14. The van der Waals surface area contributed by atoms with E-state index < -0.39 is 5.97 Å². The zero-order valence-corrected chi connectivity index (χ0v) is 12.8. The number of rotatable bonds is 5. The van der Waals surface area contributed by atoms with Crippen molar-refractivity contribution in [3.05, 3.63) is 44.7 Å². The number of nitrogens with zero attached hydrogens (tertiary/aromatic N) is 1. The maximum atomic E-state index is 10.8. The van der Waals surface area contributed by atoms with E-state index >= 15 is 0 Å². The molecule has 2 rings (SSSR count). The summed E-state index contributed by atoms with van der Waals surface area (Å²) in [6.07, 6.45) is 2.18. The number of aromatic carboxylic acids is 1. The van der Waals surface area contributed by atoms with E-state index in [0.29, 0.717) is 10.8 Å². The second-order valence-corrected chi connectivity index (χ2v) is 6.40. The summed E-state index contributed by atoms with van der Waals surface area (Å²) in [7, 11) is 0. The van der Waals surface area contributed by atoms with Gasteiger partial charge in [-0.05, 0) is 32.0 Å². The maximum Gasteiger partial charge on any atom is 0.337 e. The number of hydrogen-bond acceptors (Lipinski definition) is 4. The third kappa shape index (κ3) is 3.71. The molecule has 20 heavy (non-hydrogen) atoms. The van der Waals surface area contributed by atoms with Crippen LogP contribution in [0.25, 0.3) is 0 Å². The molecule has 0 saturated heterocycles. The Morgan fingerprint density at radius 3 is 2.85 bits per heavy atom. The number of nitrogens with one attached hydrogen (secondary N) is 1. The number of carbonyl (C=O) groups is 1. The van der Waals surface area contributed by atoms with Crippen LogP contribution in [0.5, 0.6) is 0 Å². The van der Waals surface area contributed by atoms with Gasteiger partial charge < -0.3 is 10.4 Å². The fraction of sp³-hybridized carbons (Fsp3) is 0.286. The van der Waals surface area contributed by atoms with Gasteiger partial charge in [0, 0.05) is 28.4 Å². The zero-order chi connectivity index (χ0) is 14.7. The number of carboxylic acids is 1. The molecule has 2 N–H and O–H groups in total. The first-order valence-electron chi connectivity index (χ1n) is 6.16. The summed E-state index contributed by atoms with van der Waals surface area (Å²) in [5.74, 6) is -0.523. The lowest BCUT2D eigenvalue weighted by Crippen LogP contribution is -2.18. The topological polar surface area (TPSA) is 62.2 Å². The predicted molar refractivity (Wildman–Crippen MR) is 82.1 cm³/mol. The SMILES string of the molecule is Cc1ccc(CC(C)Nc2ncc(C(=O)O)cc2Cl)s1. The summed E-state index contributed by atoms with van der Waals surface area (Å²) in [4.78, 5) is 17.5. The van der Waals surface area contributed by atoms with Gasteiger partial charge >= 0.3 is 5.97 Å². The summed E-state index contributed by atoms with van der Waals surface area (Å²) in [6.45, 7) is 4.12. The monoisotopic (exact) mass is 310 g/mol. The summed E-state index contributed by atoms with van der Waals surface area (Å²) in [5, 5.41) is 12.4. The van der Waals surface area contributed by atoms with E-state index in [4.69, 9.17) is 16.7 Å². The average molecular weight is 311 g/mol. The predicted octanol–water partition coefficient (Wildman–Crippen LogP) is 3.85. The highest BCUT2D eigenvalue weighted by Crippen LogP contribution is 2.23. The zero-order valence-electron chi connectivity index (χ0n) is 11.2. The van der Waals surface area contributed by atoms with Crippen LogP contribution in [0.4, 0.5) is 5.82 Å². The molecule has 0 aliphatic carbocycles. The Labute approximate surface area is 126 Å². The van der Waals surface area contributed by atoms with Crippen LogP contribution in [0.3, 0.4) is 0 Å². The standard InChI is InChI=1S/C14H15ClN2O2S/c1-8(5-11-4-3-9(2)20-11)17-13-12(15)6-10(7-16-13)14(18)19/h3-4,6-8H,5H2,1-2H3,(H,16,17)(H,18,19).